The molecule has 8 heteroatoms. The highest BCUT2D eigenvalue weighted by Gasteiger charge is 2.36. The van der Waals surface area contributed by atoms with Gasteiger partial charge in [0.1, 0.15) is 10.7 Å². The molecule has 1 saturated carbocycles. The van der Waals surface area contributed by atoms with E-state index in [1.807, 2.05) is 6.92 Å². The minimum atomic E-state index is -3.83. The van der Waals surface area contributed by atoms with Crippen molar-refractivity contribution in [3.05, 3.63) is 30.1 Å². The van der Waals surface area contributed by atoms with E-state index in [1.54, 1.807) is 0 Å². The summed E-state index contributed by atoms with van der Waals surface area (Å²) in [5.41, 5.74) is 0. The molecule has 2 fully saturated rings. The summed E-state index contributed by atoms with van der Waals surface area (Å²) in [4.78, 5) is 12.9. The first kappa shape index (κ1) is 17.3. The fourth-order valence-electron chi connectivity index (χ4n) is 2.98. The molecule has 24 heavy (non-hydrogen) atoms. The fraction of sp³-hybridized carbons (Fsp3) is 0.562. The average molecular weight is 356 g/mol. The van der Waals surface area contributed by atoms with Gasteiger partial charge >= 0.3 is 0 Å². The van der Waals surface area contributed by atoms with E-state index in [9.17, 15) is 17.6 Å². The van der Waals surface area contributed by atoms with Crippen molar-refractivity contribution >= 4 is 15.9 Å². The Bertz CT molecular complexity index is 713. The van der Waals surface area contributed by atoms with Gasteiger partial charge in [-0.25, -0.2) is 12.8 Å². The van der Waals surface area contributed by atoms with Crippen LogP contribution in [-0.4, -0.2) is 56.9 Å². The predicted octanol–water partition coefficient (Wildman–Crippen LogP) is -0.618. The summed E-state index contributed by atoms with van der Waals surface area (Å²) >= 11 is 0. The Balaban J connectivity index is 1.62. The summed E-state index contributed by atoms with van der Waals surface area (Å²) in [5, 5.41) is 2.98. The quantitative estimate of drug-likeness (QED) is 0.739. The third kappa shape index (κ3) is 3.60. The first-order chi connectivity index (χ1) is 11.4. The van der Waals surface area contributed by atoms with Crippen molar-refractivity contribution in [3.63, 3.8) is 0 Å². The molecule has 0 spiro atoms. The SMILES string of the molecule is C[C@H](C(=O)NC1CC1)[NH+]1CCN(S(=O)(=O)c2ccccc2F)CC1. The van der Waals surface area contributed by atoms with Gasteiger partial charge in [0.15, 0.2) is 6.04 Å². The number of hydrogen-bond acceptors (Lipinski definition) is 3. The number of nitrogens with zero attached hydrogens (tertiary/aromatic N) is 1. The Kier molecular flexibility index (Phi) is 4.89. The van der Waals surface area contributed by atoms with Crippen LogP contribution in [0.4, 0.5) is 4.39 Å². The summed E-state index contributed by atoms with van der Waals surface area (Å²) in [5.74, 6) is -0.706. The zero-order valence-electron chi connectivity index (χ0n) is 13.7. The van der Waals surface area contributed by atoms with Gasteiger partial charge in [-0.3, -0.25) is 4.79 Å². The van der Waals surface area contributed by atoms with Crippen molar-refractivity contribution in [1.29, 1.82) is 0 Å². The van der Waals surface area contributed by atoms with Crippen molar-refractivity contribution in [2.24, 2.45) is 0 Å². The van der Waals surface area contributed by atoms with Gasteiger partial charge in [-0.1, -0.05) is 12.1 Å². The lowest BCUT2D eigenvalue weighted by atomic mass is 10.2. The van der Waals surface area contributed by atoms with Gasteiger partial charge in [-0.05, 0) is 31.9 Å². The predicted molar refractivity (Wildman–Crippen MR) is 86.5 cm³/mol. The van der Waals surface area contributed by atoms with Crippen molar-refractivity contribution in [1.82, 2.24) is 9.62 Å². The van der Waals surface area contributed by atoms with Crippen LogP contribution in [0.1, 0.15) is 19.8 Å². The highest BCUT2D eigenvalue weighted by Crippen LogP contribution is 2.19. The minimum absolute atomic E-state index is 0.0258. The van der Waals surface area contributed by atoms with E-state index in [0.717, 1.165) is 23.8 Å². The molecule has 6 nitrogen and oxygen atoms in total. The largest absolute Gasteiger partial charge is 0.348 e. The van der Waals surface area contributed by atoms with Crippen LogP contribution in [0.15, 0.2) is 29.2 Å². The second-order valence-electron chi connectivity index (χ2n) is 6.50. The van der Waals surface area contributed by atoms with Crippen molar-refractivity contribution < 1.29 is 22.5 Å². The zero-order valence-corrected chi connectivity index (χ0v) is 14.5. The summed E-state index contributed by atoms with van der Waals surface area (Å²) < 4.78 is 40.3. The second kappa shape index (κ2) is 6.78. The second-order valence-corrected chi connectivity index (χ2v) is 8.40. The minimum Gasteiger partial charge on any atom is -0.348 e. The zero-order chi connectivity index (χ0) is 17.3. The summed E-state index contributed by atoms with van der Waals surface area (Å²) in [6.45, 7) is 3.51. The number of hydrogen-bond donors (Lipinski definition) is 2. The molecule has 1 aromatic carbocycles. The number of halogens is 1. The molecule has 1 aromatic rings. The van der Waals surface area contributed by atoms with E-state index in [1.165, 1.54) is 22.5 Å². The third-order valence-electron chi connectivity index (χ3n) is 4.75. The van der Waals surface area contributed by atoms with Gasteiger partial charge in [0.05, 0.1) is 26.2 Å². The molecule has 2 N–H and O–H groups in total. The molecule has 1 atom stereocenters. The molecule has 1 aliphatic carbocycles. The molecule has 0 radical (unpaired) electrons. The Morgan fingerprint density at radius 3 is 2.50 bits per heavy atom. The van der Waals surface area contributed by atoms with Crippen LogP contribution in [0.2, 0.25) is 0 Å². The third-order valence-corrected chi connectivity index (χ3v) is 6.68. The summed E-state index contributed by atoms with van der Waals surface area (Å²) in [6.07, 6.45) is 2.09. The number of quaternary nitrogens is 1. The maximum atomic E-state index is 13.8. The highest BCUT2D eigenvalue weighted by atomic mass is 32.2. The van der Waals surface area contributed by atoms with Crippen LogP contribution in [0.25, 0.3) is 0 Å². The lowest BCUT2D eigenvalue weighted by Crippen LogP contribution is -3.19. The Labute approximate surface area is 141 Å². The normalized spacial score (nSPS) is 21.4. The van der Waals surface area contributed by atoms with Crippen LogP contribution in [0, 0.1) is 5.82 Å². The number of piperazine rings is 1. The monoisotopic (exact) mass is 356 g/mol. The van der Waals surface area contributed by atoms with Crippen molar-refractivity contribution in [3.8, 4) is 0 Å². The van der Waals surface area contributed by atoms with Crippen molar-refractivity contribution in [2.45, 2.75) is 36.7 Å². The Morgan fingerprint density at radius 2 is 1.92 bits per heavy atom. The molecule has 3 rings (SSSR count). The number of nitrogens with one attached hydrogen (secondary N) is 2. The maximum absolute atomic E-state index is 13.8. The molecule has 0 bridgehead atoms. The molecular formula is C16H23FN3O3S+. The topological polar surface area (TPSA) is 70.9 Å². The fourth-order valence-corrected chi connectivity index (χ4v) is 4.49. The van der Waals surface area contributed by atoms with Crippen LogP contribution in [0.5, 0.6) is 0 Å². The van der Waals surface area contributed by atoms with Crippen LogP contribution in [0.3, 0.4) is 0 Å². The van der Waals surface area contributed by atoms with E-state index in [0.29, 0.717) is 19.1 Å². The number of benzene rings is 1. The Morgan fingerprint density at radius 1 is 1.29 bits per heavy atom. The molecule has 2 aliphatic rings. The van der Waals surface area contributed by atoms with E-state index in [-0.39, 0.29) is 29.9 Å². The smallest absolute Gasteiger partial charge is 0.278 e. The van der Waals surface area contributed by atoms with Crippen LogP contribution >= 0.6 is 0 Å². The lowest BCUT2D eigenvalue weighted by Gasteiger charge is -2.34. The van der Waals surface area contributed by atoms with E-state index in [2.05, 4.69) is 5.32 Å². The standard InChI is InChI=1S/C16H22FN3O3S/c1-12(16(21)18-13-6-7-13)19-8-10-20(11-9-19)24(22,23)15-5-3-2-4-14(15)17/h2-5,12-13H,6-11H2,1H3,(H,18,21)/p+1/t12-/m1/s1. The number of carbonyl (C=O) groups excluding carboxylic acids is 1. The summed E-state index contributed by atoms with van der Waals surface area (Å²) in [6, 6.07) is 5.54. The van der Waals surface area contributed by atoms with E-state index < -0.39 is 15.8 Å². The average Bonchev–Trinajstić information content (AvgIpc) is 3.38. The molecule has 1 saturated heterocycles. The Hall–Kier alpha value is -1.51. The lowest BCUT2D eigenvalue weighted by molar-refractivity contribution is -0.917. The molecule has 132 valence electrons. The summed E-state index contributed by atoms with van der Waals surface area (Å²) in [7, 11) is -3.83. The van der Waals surface area contributed by atoms with E-state index >= 15 is 0 Å². The molecule has 0 unspecified atom stereocenters. The molecule has 0 aromatic heterocycles. The first-order valence-electron chi connectivity index (χ1n) is 8.29. The van der Waals surface area contributed by atoms with Crippen molar-refractivity contribution in [2.75, 3.05) is 26.2 Å². The van der Waals surface area contributed by atoms with Crippen LogP contribution in [-0.2, 0) is 14.8 Å². The molecular weight excluding hydrogens is 333 g/mol. The number of carbonyl (C=O) groups is 1. The number of rotatable bonds is 5. The van der Waals surface area contributed by atoms with Gasteiger partial charge in [-0.15, -0.1) is 0 Å². The molecule has 1 amide bonds. The first-order valence-corrected chi connectivity index (χ1v) is 9.73. The maximum Gasteiger partial charge on any atom is 0.278 e. The molecule has 1 aliphatic heterocycles. The van der Waals surface area contributed by atoms with Gasteiger partial charge in [0, 0.05) is 6.04 Å². The number of amides is 1. The van der Waals surface area contributed by atoms with Gasteiger partial charge < -0.3 is 10.2 Å². The van der Waals surface area contributed by atoms with Gasteiger partial charge in [0.2, 0.25) is 10.0 Å². The molecule has 1 heterocycles. The van der Waals surface area contributed by atoms with Crippen LogP contribution < -0.4 is 10.2 Å². The van der Waals surface area contributed by atoms with E-state index in [4.69, 9.17) is 0 Å². The van der Waals surface area contributed by atoms with Gasteiger partial charge in [0.25, 0.3) is 5.91 Å². The highest BCUT2D eigenvalue weighted by molar-refractivity contribution is 7.89. The van der Waals surface area contributed by atoms with Gasteiger partial charge in [-0.2, -0.15) is 4.31 Å². The number of sulfonamides is 1.